The quantitative estimate of drug-likeness (QED) is 0.710. The molecule has 0 aromatic heterocycles. The van der Waals surface area contributed by atoms with Crippen molar-refractivity contribution in [1.29, 1.82) is 0 Å². The first-order valence-electron chi connectivity index (χ1n) is 6.19. The van der Waals surface area contributed by atoms with Crippen LogP contribution in [0.25, 0.3) is 0 Å². The van der Waals surface area contributed by atoms with E-state index in [1.54, 1.807) is 14.2 Å². The summed E-state index contributed by atoms with van der Waals surface area (Å²) in [6.07, 6.45) is 0. The predicted octanol–water partition coefficient (Wildman–Crippen LogP) is 5.10. The number of benzene rings is 2. The van der Waals surface area contributed by atoms with E-state index in [9.17, 15) is 0 Å². The van der Waals surface area contributed by atoms with Crippen LogP contribution in [0.2, 0.25) is 0 Å². The normalized spacial score (nSPS) is 12.1. The monoisotopic (exact) mass is 354 g/mol. The molecule has 0 fully saturated rings. The van der Waals surface area contributed by atoms with Gasteiger partial charge in [-0.3, -0.25) is 0 Å². The van der Waals surface area contributed by atoms with Gasteiger partial charge in [-0.1, -0.05) is 24.3 Å². The highest BCUT2D eigenvalue weighted by Crippen LogP contribution is 2.41. The molecule has 20 heavy (non-hydrogen) atoms. The molecule has 0 amide bonds. The minimum Gasteiger partial charge on any atom is -0.496 e. The standard InChI is InChI=1S/C16H16BrClO2/c1-10-6-4-5-7-11(10)16(18)12-8-15(20-3)13(17)9-14(12)19-2/h4-9,16H,1-3H3. The van der Waals surface area contributed by atoms with Crippen molar-refractivity contribution < 1.29 is 9.47 Å². The van der Waals surface area contributed by atoms with Gasteiger partial charge in [0.1, 0.15) is 11.5 Å². The Bertz CT molecular complexity index is 613. The second-order valence-corrected chi connectivity index (χ2v) is 5.74. The molecule has 4 heteroatoms. The van der Waals surface area contributed by atoms with Crippen molar-refractivity contribution >= 4 is 27.5 Å². The fraction of sp³-hybridized carbons (Fsp3) is 0.250. The Balaban J connectivity index is 2.53. The second kappa shape index (κ2) is 6.51. The molecule has 0 N–H and O–H groups in total. The van der Waals surface area contributed by atoms with Crippen LogP contribution in [-0.4, -0.2) is 14.2 Å². The van der Waals surface area contributed by atoms with E-state index in [2.05, 4.69) is 15.9 Å². The fourth-order valence-corrected chi connectivity index (χ4v) is 3.02. The summed E-state index contributed by atoms with van der Waals surface area (Å²) in [7, 11) is 3.27. The summed E-state index contributed by atoms with van der Waals surface area (Å²) in [5, 5.41) is -0.284. The summed E-state index contributed by atoms with van der Waals surface area (Å²) in [4.78, 5) is 0. The number of ether oxygens (including phenoxy) is 2. The van der Waals surface area contributed by atoms with Gasteiger partial charge in [-0.2, -0.15) is 0 Å². The first kappa shape index (κ1) is 15.2. The number of hydrogen-bond acceptors (Lipinski definition) is 2. The van der Waals surface area contributed by atoms with Gasteiger partial charge in [-0.25, -0.2) is 0 Å². The minimum absolute atomic E-state index is 0.284. The topological polar surface area (TPSA) is 18.5 Å². The molecule has 0 aliphatic carbocycles. The molecule has 1 unspecified atom stereocenters. The van der Waals surface area contributed by atoms with Crippen molar-refractivity contribution in [2.24, 2.45) is 0 Å². The van der Waals surface area contributed by atoms with Crippen LogP contribution in [0.3, 0.4) is 0 Å². The van der Waals surface area contributed by atoms with E-state index >= 15 is 0 Å². The molecule has 0 aliphatic heterocycles. The number of rotatable bonds is 4. The lowest BCUT2D eigenvalue weighted by molar-refractivity contribution is 0.397. The maximum atomic E-state index is 6.65. The van der Waals surface area contributed by atoms with Crippen LogP contribution in [0.15, 0.2) is 40.9 Å². The molecule has 106 valence electrons. The van der Waals surface area contributed by atoms with Crippen molar-refractivity contribution in [2.45, 2.75) is 12.3 Å². The Hall–Kier alpha value is -1.19. The molecule has 0 radical (unpaired) electrons. The van der Waals surface area contributed by atoms with E-state index in [-0.39, 0.29) is 5.38 Å². The zero-order chi connectivity index (χ0) is 14.7. The van der Waals surface area contributed by atoms with E-state index in [1.807, 2.05) is 43.3 Å². The Morgan fingerprint density at radius 2 is 1.65 bits per heavy atom. The second-order valence-electron chi connectivity index (χ2n) is 4.45. The first-order valence-corrected chi connectivity index (χ1v) is 7.42. The summed E-state index contributed by atoms with van der Waals surface area (Å²) < 4.78 is 11.6. The van der Waals surface area contributed by atoms with Gasteiger partial charge in [0, 0.05) is 5.56 Å². The van der Waals surface area contributed by atoms with Crippen molar-refractivity contribution in [3.05, 3.63) is 57.6 Å². The molecule has 0 heterocycles. The van der Waals surface area contributed by atoms with E-state index in [0.29, 0.717) is 0 Å². The highest BCUT2D eigenvalue weighted by Gasteiger charge is 2.19. The molecule has 1 atom stereocenters. The number of aryl methyl sites for hydroxylation is 1. The molecule has 0 bridgehead atoms. The zero-order valence-electron chi connectivity index (χ0n) is 11.6. The number of alkyl halides is 1. The fourth-order valence-electron chi connectivity index (χ4n) is 2.12. The van der Waals surface area contributed by atoms with Crippen LogP contribution in [0.5, 0.6) is 11.5 Å². The molecule has 2 aromatic carbocycles. The highest BCUT2D eigenvalue weighted by atomic mass is 79.9. The van der Waals surface area contributed by atoms with Crippen molar-refractivity contribution in [3.8, 4) is 11.5 Å². The predicted molar refractivity (Wildman–Crippen MR) is 86.1 cm³/mol. The average molecular weight is 356 g/mol. The van der Waals surface area contributed by atoms with Gasteiger partial charge in [0.05, 0.1) is 24.1 Å². The van der Waals surface area contributed by atoms with Crippen molar-refractivity contribution in [2.75, 3.05) is 14.2 Å². The SMILES string of the molecule is COc1cc(C(Cl)c2ccccc2C)c(OC)cc1Br. The molecule has 0 saturated heterocycles. The Morgan fingerprint density at radius 3 is 2.25 bits per heavy atom. The maximum Gasteiger partial charge on any atom is 0.133 e. The summed E-state index contributed by atoms with van der Waals surface area (Å²) in [6, 6.07) is 11.9. The van der Waals surface area contributed by atoms with E-state index < -0.39 is 0 Å². The van der Waals surface area contributed by atoms with Crippen molar-refractivity contribution in [3.63, 3.8) is 0 Å². The van der Waals surface area contributed by atoms with Crippen LogP contribution < -0.4 is 9.47 Å². The zero-order valence-corrected chi connectivity index (χ0v) is 14.0. The number of hydrogen-bond donors (Lipinski definition) is 0. The van der Waals surface area contributed by atoms with Crippen LogP contribution in [0.4, 0.5) is 0 Å². The van der Waals surface area contributed by atoms with Crippen LogP contribution in [-0.2, 0) is 0 Å². The lowest BCUT2D eigenvalue weighted by Crippen LogP contribution is -2.00. The molecule has 2 aromatic rings. The molecule has 0 spiro atoms. The van der Waals surface area contributed by atoms with E-state index in [1.165, 1.54) is 0 Å². The van der Waals surface area contributed by atoms with Gasteiger partial charge in [-0.15, -0.1) is 11.6 Å². The van der Waals surface area contributed by atoms with Crippen LogP contribution in [0, 0.1) is 6.92 Å². The molecule has 0 aliphatic rings. The lowest BCUT2D eigenvalue weighted by atomic mass is 9.99. The number of halogens is 2. The number of methoxy groups -OCH3 is 2. The summed E-state index contributed by atoms with van der Waals surface area (Å²) in [5.74, 6) is 1.47. The molecule has 2 rings (SSSR count). The molecule has 2 nitrogen and oxygen atoms in total. The third-order valence-electron chi connectivity index (χ3n) is 3.24. The summed E-state index contributed by atoms with van der Waals surface area (Å²) in [5.41, 5.74) is 3.11. The Kier molecular flexibility index (Phi) is 4.95. The van der Waals surface area contributed by atoms with Gasteiger partial charge in [0.25, 0.3) is 0 Å². The minimum atomic E-state index is -0.284. The smallest absolute Gasteiger partial charge is 0.133 e. The Labute approximate surface area is 132 Å². The van der Waals surface area contributed by atoms with Crippen LogP contribution >= 0.6 is 27.5 Å². The van der Waals surface area contributed by atoms with E-state index in [4.69, 9.17) is 21.1 Å². The van der Waals surface area contributed by atoms with E-state index in [0.717, 1.165) is 32.7 Å². The van der Waals surface area contributed by atoms with Gasteiger partial charge in [-0.05, 0) is 46.1 Å². The van der Waals surface area contributed by atoms with Gasteiger partial charge in [0.2, 0.25) is 0 Å². The maximum absolute atomic E-state index is 6.65. The first-order chi connectivity index (χ1) is 9.58. The average Bonchev–Trinajstić information content (AvgIpc) is 2.46. The van der Waals surface area contributed by atoms with Crippen LogP contribution in [0.1, 0.15) is 22.1 Å². The molecular formula is C16H16BrClO2. The summed E-state index contributed by atoms with van der Waals surface area (Å²) in [6.45, 7) is 2.05. The third-order valence-corrected chi connectivity index (χ3v) is 4.33. The third kappa shape index (κ3) is 2.94. The van der Waals surface area contributed by atoms with Crippen molar-refractivity contribution in [1.82, 2.24) is 0 Å². The van der Waals surface area contributed by atoms with Gasteiger partial charge >= 0.3 is 0 Å². The molecular weight excluding hydrogens is 340 g/mol. The Morgan fingerprint density at radius 1 is 1.00 bits per heavy atom. The largest absolute Gasteiger partial charge is 0.496 e. The summed E-state index contributed by atoms with van der Waals surface area (Å²) >= 11 is 10.1. The lowest BCUT2D eigenvalue weighted by Gasteiger charge is -2.18. The van der Waals surface area contributed by atoms with Gasteiger partial charge < -0.3 is 9.47 Å². The molecule has 0 saturated carbocycles. The van der Waals surface area contributed by atoms with Gasteiger partial charge in [0.15, 0.2) is 0 Å². The highest BCUT2D eigenvalue weighted by molar-refractivity contribution is 9.10.